The van der Waals surface area contributed by atoms with Gasteiger partial charge in [-0.1, -0.05) is 11.6 Å². The summed E-state index contributed by atoms with van der Waals surface area (Å²) in [5, 5.41) is 0.0438. The molecule has 3 nitrogen and oxygen atoms in total. The van der Waals surface area contributed by atoms with Crippen LogP contribution in [0.5, 0.6) is 0 Å². The Hall–Kier alpha value is -0.430. The molecule has 1 aliphatic carbocycles. The minimum absolute atomic E-state index is 0.0438. The highest BCUT2D eigenvalue weighted by Crippen LogP contribution is 2.47. The molecule has 1 saturated carbocycles. The molecule has 0 saturated heterocycles. The first-order chi connectivity index (χ1) is 9.63. The molecule has 1 heterocycles. The van der Waals surface area contributed by atoms with Crippen LogP contribution in [-0.4, -0.2) is 20.0 Å². The predicted octanol–water partition coefficient (Wildman–Crippen LogP) is 3.86. The van der Waals surface area contributed by atoms with E-state index in [1.54, 1.807) is 20.8 Å². The number of nitrogens with zero attached hydrogens (tertiary/aromatic N) is 1. The number of halogens is 3. The van der Waals surface area contributed by atoms with E-state index in [-0.39, 0.29) is 10.7 Å². The molecule has 2 rings (SSSR count). The van der Waals surface area contributed by atoms with Crippen LogP contribution >= 0.6 is 11.6 Å². The predicted molar refractivity (Wildman–Crippen MR) is 80.7 cm³/mol. The third-order valence-electron chi connectivity index (χ3n) is 3.59. The van der Waals surface area contributed by atoms with E-state index in [1.807, 2.05) is 0 Å². The van der Waals surface area contributed by atoms with Crippen molar-refractivity contribution < 1.29 is 13.3 Å². The van der Waals surface area contributed by atoms with Crippen molar-refractivity contribution in [2.24, 2.45) is 0 Å². The summed E-state index contributed by atoms with van der Waals surface area (Å²) in [5.74, 6) is -0.582. The van der Waals surface area contributed by atoms with Gasteiger partial charge in [-0.05, 0) is 46.1 Å². The zero-order valence-corrected chi connectivity index (χ0v) is 13.8. The first-order valence-electron chi connectivity index (χ1n) is 6.81. The Morgan fingerprint density at radius 2 is 2.10 bits per heavy atom. The van der Waals surface area contributed by atoms with E-state index in [1.165, 1.54) is 0 Å². The quantitative estimate of drug-likeness (QED) is 0.849. The van der Waals surface area contributed by atoms with Crippen LogP contribution < -0.4 is 4.72 Å². The largest absolute Gasteiger partial charge is 0.598 e. The minimum atomic E-state index is -1.55. The number of aromatic nitrogens is 1. The van der Waals surface area contributed by atoms with Crippen LogP contribution in [0.2, 0.25) is 5.02 Å². The molecule has 1 N–H and O–H groups in total. The second-order valence-electron chi connectivity index (χ2n) is 6.34. The minimum Gasteiger partial charge on any atom is -0.598 e. The Morgan fingerprint density at radius 1 is 1.48 bits per heavy atom. The van der Waals surface area contributed by atoms with Crippen LogP contribution in [0.3, 0.4) is 0 Å². The van der Waals surface area contributed by atoms with Crippen molar-refractivity contribution in [2.75, 3.05) is 0 Å². The molecule has 1 aromatic rings. The van der Waals surface area contributed by atoms with Gasteiger partial charge in [-0.3, -0.25) is 4.98 Å². The van der Waals surface area contributed by atoms with Crippen LogP contribution in [0, 0.1) is 5.82 Å². The molecule has 0 aliphatic heterocycles. The lowest BCUT2D eigenvalue weighted by Gasteiger charge is -2.41. The number of hydrogen-bond acceptors (Lipinski definition) is 3. The van der Waals surface area contributed by atoms with Crippen molar-refractivity contribution in [1.29, 1.82) is 0 Å². The average molecular weight is 337 g/mol. The summed E-state index contributed by atoms with van der Waals surface area (Å²) < 4.78 is 42.6. The van der Waals surface area contributed by atoms with Crippen LogP contribution in [-0.2, 0) is 11.4 Å². The van der Waals surface area contributed by atoms with Crippen molar-refractivity contribution in [3.8, 4) is 0 Å². The standard InChI is InChI=1S/C14H19ClF2N2OS/c1-13(2,3)21(20)19-12(14(17)5-4-6-14)11-10(15)7-9(16)8-18-11/h7-8,12,19H,4-6H2,1-3H3. The molecule has 1 aliphatic rings. The molecular weight excluding hydrogens is 318 g/mol. The van der Waals surface area contributed by atoms with Gasteiger partial charge in [0.05, 0.1) is 16.9 Å². The Balaban J connectivity index is 2.33. The first kappa shape index (κ1) is 16.9. The molecule has 0 bridgehead atoms. The van der Waals surface area contributed by atoms with Crippen molar-refractivity contribution >= 4 is 23.0 Å². The van der Waals surface area contributed by atoms with Gasteiger partial charge in [0.25, 0.3) is 0 Å². The van der Waals surface area contributed by atoms with Crippen LogP contribution in [0.15, 0.2) is 12.3 Å². The van der Waals surface area contributed by atoms with E-state index in [9.17, 15) is 13.3 Å². The number of pyridine rings is 1. The molecule has 21 heavy (non-hydrogen) atoms. The highest BCUT2D eigenvalue weighted by molar-refractivity contribution is 7.90. The highest BCUT2D eigenvalue weighted by Gasteiger charge is 2.50. The zero-order chi connectivity index (χ0) is 15.8. The molecule has 118 valence electrons. The Morgan fingerprint density at radius 3 is 2.52 bits per heavy atom. The maximum Gasteiger partial charge on any atom is 0.142 e. The lowest BCUT2D eigenvalue weighted by atomic mass is 9.75. The maximum atomic E-state index is 14.9. The van der Waals surface area contributed by atoms with Crippen molar-refractivity contribution in [3.05, 3.63) is 28.8 Å². The molecule has 0 spiro atoms. The van der Waals surface area contributed by atoms with E-state index >= 15 is 0 Å². The van der Waals surface area contributed by atoms with Gasteiger partial charge in [-0.25, -0.2) is 8.78 Å². The molecule has 7 heteroatoms. The second-order valence-corrected chi connectivity index (χ2v) is 8.75. The third kappa shape index (κ3) is 3.67. The average Bonchev–Trinajstić information content (AvgIpc) is 2.32. The van der Waals surface area contributed by atoms with E-state index < -0.39 is 33.6 Å². The van der Waals surface area contributed by atoms with Gasteiger partial charge < -0.3 is 4.55 Å². The van der Waals surface area contributed by atoms with E-state index in [0.29, 0.717) is 12.8 Å². The summed E-state index contributed by atoms with van der Waals surface area (Å²) in [6.07, 6.45) is 2.45. The topological polar surface area (TPSA) is 48.0 Å². The fourth-order valence-corrected chi connectivity index (χ4v) is 3.28. The van der Waals surface area contributed by atoms with Crippen LogP contribution in [0.4, 0.5) is 8.78 Å². The summed E-state index contributed by atoms with van der Waals surface area (Å²) in [6.45, 7) is 5.37. The van der Waals surface area contributed by atoms with Crippen molar-refractivity contribution in [3.63, 3.8) is 0 Å². The third-order valence-corrected chi connectivity index (χ3v) is 5.46. The molecule has 1 fully saturated rings. The van der Waals surface area contributed by atoms with E-state index in [0.717, 1.165) is 18.7 Å². The normalized spacial score (nSPS) is 20.7. The monoisotopic (exact) mass is 336 g/mol. The number of rotatable bonds is 4. The fraction of sp³-hybridized carbons (Fsp3) is 0.643. The second kappa shape index (κ2) is 5.99. The van der Waals surface area contributed by atoms with Crippen molar-refractivity contribution in [1.82, 2.24) is 9.71 Å². The lowest BCUT2D eigenvalue weighted by molar-refractivity contribution is 0.0262. The molecule has 0 radical (unpaired) electrons. The number of alkyl halides is 1. The Bertz CT molecular complexity index is 520. The smallest absolute Gasteiger partial charge is 0.142 e. The molecule has 0 amide bonds. The van der Waals surface area contributed by atoms with Gasteiger partial charge in [-0.2, -0.15) is 0 Å². The summed E-state index contributed by atoms with van der Waals surface area (Å²) in [5.41, 5.74) is -1.34. The first-order valence-corrected chi connectivity index (χ1v) is 8.34. The summed E-state index contributed by atoms with van der Waals surface area (Å²) >= 11 is 4.52. The van der Waals surface area contributed by atoms with Crippen LogP contribution in [0.25, 0.3) is 0 Å². The lowest BCUT2D eigenvalue weighted by Crippen LogP contribution is -2.51. The zero-order valence-electron chi connectivity index (χ0n) is 12.3. The molecular formula is C14H19ClF2N2OS. The fourth-order valence-electron chi connectivity index (χ4n) is 2.13. The van der Waals surface area contributed by atoms with Crippen LogP contribution in [0.1, 0.15) is 51.8 Å². The summed E-state index contributed by atoms with van der Waals surface area (Å²) in [7, 11) is 0. The molecule has 0 aromatic carbocycles. The number of nitrogens with one attached hydrogen (secondary N) is 1. The molecule has 2 atom stereocenters. The highest BCUT2D eigenvalue weighted by atomic mass is 35.5. The van der Waals surface area contributed by atoms with Crippen molar-refractivity contribution in [2.45, 2.75) is 56.5 Å². The Kier molecular flexibility index (Phi) is 4.83. The van der Waals surface area contributed by atoms with Gasteiger partial charge in [0.2, 0.25) is 0 Å². The Labute approximate surface area is 131 Å². The maximum absolute atomic E-state index is 14.9. The van der Waals surface area contributed by atoms with Gasteiger partial charge in [0.15, 0.2) is 0 Å². The summed E-state index contributed by atoms with van der Waals surface area (Å²) in [6, 6.07) is 0.194. The number of hydrogen-bond donors (Lipinski definition) is 1. The SMILES string of the molecule is CC(C)(C)[S+]([O-])NC(c1ncc(F)cc1Cl)C1(F)CCC1. The molecule has 1 aromatic heterocycles. The van der Waals surface area contributed by atoms with Gasteiger partial charge in [0.1, 0.15) is 22.3 Å². The van der Waals surface area contributed by atoms with Gasteiger partial charge in [0, 0.05) is 11.4 Å². The van der Waals surface area contributed by atoms with E-state index in [4.69, 9.17) is 11.6 Å². The molecule has 2 unspecified atom stereocenters. The summed E-state index contributed by atoms with van der Waals surface area (Å²) in [4.78, 5) is 3.92. The van der Waals surface area contributed by atoms with Gasteiger partial charge in [-0.15, -0.1) is 4.72 Å². The van der Waals surface area contributed by atoms with Gasteiger partial charge >= 0.3 is 0 Å². The van der Waals surface area contributed by atoms with E-state index in [2.05, 4.69) is 9.71 Å².